The largest absolute Gasteiger partial charge is 0.481 e. The van der Waals surface area contributed by atoms with Gasteiger partial charge in [-0.1, -0.05) is 61.6 Å². The lowest BCUT2D eigenvalue weighted by molar-refractivity contribution is -0.137. The van der Waals surface area contributed by atoms with Crippen molar-refractivity contribution in [2.24, 2.45) is 16.7 Å². The molecule has 2 bridgehead atoms. The molecule has 300 valence electrons. The van der Waals surface area contributed by atoms with E-state index in [1.807, 2.05) is 78.3 Å². The third-order valence-electron chi connectivity index (χ3n) is 11.9. The lowest BCUT2D eigenvalue weighted by atomic mass is 9.52. The van der Waals surface area contributed by atoms with E-state index in [1.54, 1.807) is 12.3 Å². The summed E-state index contributed by atoms with van der Waals surface area (Å²) in [6, 6.07) is 22.6. The summed E-state index contributed by atoms with van der Waals surface area (Å²) in [6.45, 7) is 8.96. The number of para-hydroxylation sites is 1. The fourth-order valence-corrected chi connectivity index (χ4v) is 10.8. The fourth-order valence-electron chi connectivity index (χ4n) is 9.95. The number of ether oxygens (including phenoxy) is 1. The number of thiazole rings is 1. The average molecular weight is 801 g/mol. The smallest absolute Gasteiger partial charge is 0.355 e. The molecular weight excluding hydrogens is 753 g/mol. The molecule has 6 aromatic rings. The Kier molecular flexibility index (Phi) is 10.9. The van der Waals surface area contributed by atoms with Crippen LogP contribution in [-0.2, 0) is 16.1 Å². The van der Waals surface area contributed by atoms with Crippen molar-refractivity contribution >= 4 is 55.3 Å². The molecule has 3 aromatic carbocycles. The number of hydrogen-bond acceptors (Lipinski definition) is 9. The summed E-state index contributed by atoms with van der Waals surface area (Å²) in [5.74, 6) is -1.68. The molecule has 4 N–H and O–H groups in total. The second-order valence-electron chi connectivity index (χ2n) is 16.7. The molecule has 2 saturated carbocycles. The number of aromatic carboxylic acids is 1. The maximum Gasteiger partial charge on any atom is 0.355 e. The number of aromatic nitrogens is 4. The van der Waals surface area contributed by atoms with Crippen molar-refractivity contribution in [2.45, 2.75) is 71.9 Å². The van der Waals surface area contributed by atoms with Crippen molar-refractivity contribution < 1.29 is 29.3 Å². The van der Waals surface area contributed by atoms with Crippen molar-refractivity contribution in [2.75, 3.05) is 25.0 Å². The predicted molar refractivity (Wildman–Crippen MR) is 225 cm³/mol. The van der Waals surface area contributed by atoms with Gasteiger partial charge in [0.15, 0.2) is 10.8 Å². The Balaban J connectivity index is 1.03. The maximum atomic E-state index is 13.6. The topological polar surface area (TPSA) is 169 Å². The molecule has 8 rings (SSSR count). The highest BCUT2D eigenvalue weighted by Gasteiger charge is 2.51. The number of nitrogens with zero attached hydrogens (tertiary/aromatic N) is 4. The third kappa shape index (κ3) is 8.25. The molecule has 0 aliphatic heterocycles. The molecule has 0 saturated heterocycles. The first-order chi connectivity index (χ1) is 27.9. The summed E-state index contributed by atoms with van der Waals surface area (Å²) < 4.78 is 9.44. The molecule has 3 aromatic heterocycles. The zero-order valence-corrected chi connectivity index (χ0v) is 33.8. The molecule has 58 heavy (non-hydrogen) atoms. The van der Waals surface area contributed by atoms with Crippen LogP contribution in [0.25, 0.3) is 43.4 Å². The molecule has 0 radical (unpaired) electrons. The van der Waals surface area contributed by atoms with Gasteiger partial charge in [-0.2, -0.15) is 5.10 Å². The van der Waals surface area contributed by atoms with Gasteiger partial charge in [-0.3, -0.25) is 19.6 Å². The van der Waals surface area contributed by atoms with Crippen LogP contribution >= 0.6 is 11.3 Å². The Morgan fingerprint density at radius 3 is 2.60 bits per heavy atom. The van der Waals surface area contributed by atoms with Crippen molar-refractivity contribution in [1.82, 2.24) is 25.1 Å². The first-order valence-electron chi connectivity index (χ1n) is 19.9. The van der Waals surface area contributed by atoms with Crippen molar-refractivity contribution in [3.8, 4) is 22.4 Å². The molecule has 4 unspecified atom stereocenters. The van der Waals surface area contributed by atoms with Gasteiger partial charge in [0.05, 0.1) is 41.2 Å². The van der Waals surface area contributed by atoms with Crippen LogP contribution < -0.4 is 10.6 Å². The number of benzene rings is 3. The molecule has 2 aliphatic rings. The number of anilines is 1. The van der Waals surface area contributed by atoms with Gasteiger partial charge >= 0.3 is 11.9 Å². The highest BCUT2D eigenvalue weighted by molar-refractivity contribution is 7.22. The van der Waals surface area contributed by atoms with Crippen molar-refractivity contribution in [3.05, 3.63) is 95.9 Å². The minimum absolute atomic E-state index is 0.0297. The van der Waals surface area contributed by atoms with Gasteiger partial charge in [-0.25, -0.2) is 14.8 Å². The monoisotopic (exact) mass is 800 g/mol. The van der Waals surface area contributed by atoms with Crippen molar-refractivity contribution in [1.29, 1.82) is 0 Å². The Bertz CT molecular complexity index is 2500. The quantitative estimate of drug-likeness (QED) is 0.0783. The number of hydrogen-bond donors (Lipinski definition) is 4. The number of carboxylic acid groups (broad SMARTS) is 2. The van der Waals surface area contributed by atoms with Gasteiger partial charge in [0.25, 0.3) is 5.91 Å². The summed E-state index contributed by atoms with van der Waals surface area (Å²) >= 11 is 1.41. The van der Waals surface area contributed by atoms with E-state index in [2.05, 4.69) is 29.5 Å². The number of aliphatic carboxylic acids is 1. The molecule has 2 aliphatic carbocycles. The Morgan fingerprint density at radius 2 is 1.79 bits per heavy atom. The Morgan fingerprint density at radius 1 is 0.948 bits per heavy atom. The van der Waals surface area contributed by atoms with E-state index >= 15 is 0 Å². The van der Waals surface area contributed by atoms with Gasteiger partial charge in [-0.15, -0.1) is 0 Å². The predicted octanol–water partition coefficient (Wildman–Crippen LogP) is 8.69. The van der Waals surface area contributed by atoms with Crippen LogP contribution in [0.1, 0.15) is 78.9 Å². The van der Waals surface area contributed by atoms with E-state index in [4.69, 9.17) is 19.9 Å². The van der Waals surface area contributed by atoms with Crippen LogP contribution in [0.5, 0.6) is 0 Å². The fraction of sp³-hybridized carbons (Fsp3) is 0.378. The molecule has 4 atom stereocenters. The molecular formula is C45H48N6O6S. The molecule has 13 heteroatoms. The minimum atomic E-state index is -1.14. The number of carbonyl (C=O) groups excluding carboxylic acids is 1. The van der Waals surface area contributed by atoms with Crippen LogP contribution in [0.3, 0.4) is 0 Å². The molecule has 12 nitrogen and oxygen atoms in total. The second-order valence-corrected chi connectivity index (χ2v) is 17.7. The second kappa shape index (κ2) is 16.0. The van der Waals surface area contributed by atoms with Crippen LogP contribution in [0, 0.1) is 23.7 Å². The zero-order chi connectivity index (χ0) is 40.6. The van der Waals surface area contributed by atoms with E-state index in [1.165, 1.54) is 11.3 Å². The van der Waals surface area contributed by atoms with Crippen LogP contribution in [0.15, 0.2) is 79.0 Å². The summed E-state index contributed by atoms with van der Waals surface area (Å²) in [6.07, 6.45) is 7.11. The normalized spacial score (nSPS) is 21.6. The van der Waals surface area contributed by atoms with E-state index in [0.717, 1.165) is 59.0 Å². The summed E-state index contributed by atoms with van der Waals surface area (Å²) in [5.41, 5.74) is 4.61. The van der Waals surface area contributed by atoms with Gasteiger partial charge in [-0.05, 0) is 103 Å². The van der Waals surface area contributed by atoms with Gasteiger partial charge in [0.1, 0.15) is 0 Å². The highest BCUT2D eigenvalue weighted by atomic mass is 32.1. The number of nitrogens with one attached hydrogen (secondary N) is 2. The first-order valence-corrected chi connectivity index (χ1v) is 20.7. The molecule has 3 heterocycles. The first kappa shape index (κ1) is 39.3. The molecule has 2 fully saturated rings. The summed E-state index contributed by atoms with van der Waals surface area (Å²) in [5, 5.41) is 32.5. The highest BCUT2D eigenvalue weighted by Crippen LogP contribution is 2.58. The van der Waals surface area contributed by atoms with Crippen LogP contribution in [0.2, 0.25) is 0 Å². The minimum Gasteiger partial charge on any atom is -0.481 e. The number of rotatable bonds is 14. The summed E-state index contributed by atoms with van der Waals surface area (Å²) in [7, 11) is 0. The number of fused-ring (bicyclic) bond motifs is 4. The lowest BCUT2D eigenvalue weighted by Gasteiger charge is -2.55. The number of pyridine rings is 1. The number of carboxylic acids is 2. The average Bonchev–Trinajstić information content (AvgIpc) is 3.76. The number of carbonyl (C=O) groups is 3. The zero-order valence-electron chi connectivity index (χ0n) is 33.0. The van der Waals surface area contributed by atoms with E-state index in [9.17, 15) is 19.5 Å². The summed E-state index contributed by atoms with van der Waals surface area (Å²) in [4.78, 5) is 46.5. The maximum absolute atomic E-state index is 13.6. The Labute approximate surface area is 340 Å². The number of amides is 1. The standard InChI is InChI=1S/C45H48N6O6S/c1-27-20-44(3)22-31(57-18-17-46-16-15-39(52)53)23-45(21-27,25-44)26-51-28(2)35(24-47-51)32-13-14-36(48-40(32)42(55)56)30-12-11-29-7-6-8-33(34(29)19-30)41(54)50-43-49-37-9-4-5-10-38(37)58-43/h4-14,19,24,27,31,46H,15-18,20-23,25-26H2,1-3H3,(H,52,53)(H,55,56)(H,49,50,54). The van der Waals surface area contributed by atoms with Gasteiger partial charge in [0, 0.05) is 47.6 Å². The van der Waals surface area contributed by atoms with Crippen LogP contribution in [-0.4, -0.2) is 73.6 Å². The van der Waals surface area contributed by atoms with Gasteiger partial charge < -0.3 is 20.3 Å². The van der Waals surface area contributed by atoms with E-state index < -0.39 is 11.9 Å². The SMILES string of the molecule is Cc1c(-c2ccc(-c3ccc4cccc(C(=O)Nc5nc6ccccc6s5)c4c3)nc2C(=O)O)cnn1CC12CC(C)CC(C)(CC(OCCNCCC(=O)O)C1)C2. The Hall–Kier alpha value is -5.50. The van der Waals surface area contributed by atoms with Gasteiger partial charge in [0.2, 0.25) is 0 Å². The van der Waals surface area contributed by atoms with E-state index in [0.29, 0.717) is 65.1 Å². The third-order valence-corrected chi connectivity index (χ3v) is 12.8. The van der Waals surface area contributed by atoms with Crippen LogP contribution in [0.4, 0.5) is 5.13 Å². The molecule has 0 spiro atoms. The molecule has 1 amide bonds. The van der Waals surface area contributed by atoms with E-state index in [-0.39, 0.29) is 35.0 Å². The van der Waals surface area contributed by atoms with Crippen molar-refractivity contribution in [3.63, 3.8) is 0 Å². The lowest BCUT2D eigenvalue weighted by Crippen LogP contribution is -2.49.